The Balaban J connectivity index is 2.44. The molecule has 0 saturated carbocycles. The minimum Gasteiger partial charge on any atom is -0.468 e. The van der Waals surface area contributed by atoms with Crippen molar-refractivity contribution in [2.45, 2.75) is 45.2 Å². The molecule has 0 amide bonds. The number of ether oxygens (including phenoxy) is 1. The first-order valence-electron chi connectivity index (χ1n) is 7.86. The second-order valence-electron chi connectivity index (χ2n) is 5.68. The number of hydrogen-bond acceptors (Lipinski definition) is 5. The number of carbonyl (C=O) groups excluding carboxylic acids is 1. The lowest BCUT2D eigenvalue weighted by Gasteiger charge is -2.29. The maximum Gasteiger partial charge on any atom is 0.324 e. The summed E-state index contributed by atoms with van der Waals surface area (Å²) in [6, 6.07) is 0.413. The number of methoxy groups -OCH3 is 1. The van der Waals surface area contributed by atoms with Gasteiger partial charge < -0.3 is 15.0 Å². The molecular weight excluding hydrogens is 254 g/mol. The number of likely N-dealkylation sites (tertiary alicyclic amines) is 1. The summed E-state index contributed by atoms with van der Waals surface area (Å²) >= 11 is 0. The van der Waals surface area contributed by atoms with Gasteiger partial charge >= 0.3 is 5.97 Å². The molecular formula is C15H31N3O2. The van der Waals surface area contributed by atoms with Gasteiger partial charge in [-0.2, -0.15) is 0 Å². The SMILES string of the molecule is CCCNC(CN(C)CC1CCCN1CC)C(=O)OC. The topological polar surface area (TPSA) is 44.8 Å². The van der Waals surface area contributed by atoms with E-state index < -0.39 is 0 Å². The van der Waals surface area contributed by atoms with Crippen molar-refractivity contribution < 1.29 is 9.53 Å². The van der Waals surface area contributed by atoms with Gasteiger partial charge in [0.05, 0.1) is 7.11 Å². The Morgan fingerprint density at radius 2 is 2.25 bits per heavy atom. The second-order valence-corrected chi connectivity index (χ2v) is 5.68. The largest absolute Gasteiger partial charge is 0.468 e. The van der Waals surface area contributed by atoms with Crippen molar-refractivity contribution in [2.75, 3.05) is 46.9 Å². The molecule has 0 aromatic heterocycles. The molecule has 1 fully saturated rings. The van der Waals surface area contributed by atoms with E-state index in [1.165, 1.54) is 26.5 Å². The molecule has 0 bridgehead atoms. The van der Waals surface area contributed by atoms with E-state index in [1.807, 2.05) is 0 Å². The fourth-order valence-corrected chi connectivity index (χ4v) is 2.95. The summed E-state index contributed by atoms with van der Waals surface area (Å²) in [5.41, 5.74) is 0. The predicted molar refractivity (Wildman–Crippen MR) is 81.9 cm³/mol. The summed E-state index contributed by atoms with van der Waals surface area (Å²) in [6.07, 6.45) is 3.58. The van der Waals surface area contributed by atoms with Crippen LogP contribution in [-0.2, 0) is 9.53 Å². The number of nitrogens with zero attached hydrogens (tertiary/aromatic N) is 2. The zero-order chi connectivity index (χ0) is 15.0. The van der Waals surface area contributed by atoms with E-state index in [0.29, 0.717) is 12.6 Å². The fraction of sp³-hybridized carbons (Fsp3) is 0.933. The van der Waals surface area contributed by atoms with E-state index >= 15 is 0 Å². The van der Waals surface area contributed by atoms with Gasteiger partial charge in [-0.25, -0.2) is 0 Å². The van der Waals surface area contributed by atoms with Crippen LogP contribution in [0.5, 0.6) is 0 Å². The molecule has 1 rings (SSSR count). The van der Waals surface area contributed by atoms with Crippen LogP contribution in [0.4, 0.5) is 0 Å². The number of nitrogens with one attached hydrogen (secondary N) is 1. The monoisotopic (exact) mass is 285 g/mol. The quantitative estimate of drug-likeness (QED) is 0.639. The molecule has 1 N–H and O–H groups in total. The first kappa shape index (κ1) is 17.4. The molecule has 1 heterocycles. The van der Waals surface area contributed by atoms with Crippen LogP contribution in [0.1, 0.15) is 33.1 Å². The van der Waals surface area contributed by atoms with E-state index in [1.54, 1.807) is 0 Å². The molecule has 0 aromatic carbocycles. The van der Waals surface area contributed by atoms with Crippen LogP contribution in [0.3, 0.4) is 0 Å². The van der Waals surface area contributed by atoms with E-state index in [-0.39, 0.29) is 12.0 Å². The fourth-order valence-electron chi connectivity index (χ4n) is 2.95. The third kappa shape index (κ3) is 5.38. The smallest absolute Gasteiger partial charge is 0.324 e. The number of esters is 1. The van der Waals surface area contributed by atoms with Crippen LogP contribution in [-0.4, -0.2) is 74.7 Å². The molecule has 2 unspecified atom stereocenters. The van der Waals surface area contributed by atoms with E-state index in [2.05, 4.69) is 36.0 Å². The van der Waals surface area contributed by atoms with Gasteiger partial charge in [-0.1, -0.05) is 13.8 Å². The summed E-state index contributed by atoms with van der Waals surface area (Å²) in [4.78, 5) is 16.6. The predicted octanol–water partition coefficient (Wildman–Crippen LogP) is 0.944. The third-order valence-electron chi connectivity index (χ3n) is 4.05. The Labute approximate surface area is 123 Å². The maximum atomic E-state index is 11.8. The molecule has 0 aliphatic carbocycles. The van der Waals surface area contributed by atoms with Gasteiger partial charge in [0, 0.05) is 19.1 Å². The molecule has 0 spiro atoms. The number of rotatable bonds is 9. The minimum absolute atomic E-state index is 0.163. The van der Waals surface area contributed by atoms with Crippen LogP contribution >= 0.6 is 0 Å². The normalized spacial score (nSPS) is 21.4. The highest BCUT2D eigenvalue weighted by atomic mass is 16.5. The average Bonchev–Trinajstić information content (AvgIpc) is 2.89. The van der Waals surface area contributed by atoms with Gasteiger partial charge in [0.1, 0.15) is 6.04 Å². The molecule has 1 aliphatic rings. The van der Waals surface area contributed by atoms with Crippen LogP contribution < -0.4 is 5.32 Å². The summed E-state index contributed by atoms with van der Waals surface area (Å²) < 4.78 is 4.88. The number of hydrogen-bond donors (Lipinski definition) is 1. The highest BCUT2D eigenvalue weighted by Gasteiger charge is 2.26. The Bertz CT molecular complexity index is 286. The van der Waals surface area contributed by atoms with E-state index in [0.717, 1.165) is 26.1 Å². The molecule has 5 nitrogen and oxygen atoms in total. The van der Waals surface area contributed by atoms with Gasteiger partial charge in [-0.15, -0.1) is 0 Å². The van der Waals surface area contributed by atoms with Gasteiger partial charge in [0.2, 0.25) is 0 Å². The Kier molecular flexibility index (Phi) is 8.11. The van der Waals surface area contributed by atoms with Crippen LogP contribution in [0.15, 0.2) is 0 Å². The standard InChI is InChI=1S/C15H31N3O2/c1-5-9-16-14(15(19)20-4)12-17(3)11-13-8-7-10-18(13)6-2/h13-14,16H,5-12H2,1-4H3. The van der Waals surface area contributed by atoms with Crippen LogP contribution in [0, 0.1) is 0 Å². The molecule has 20 heavy (non-hydrogen) atoms. The van der Waals surface area contributed by atoms with E-state index in [4.69, 9.17) is 4.74 Å². The van der Waals surface area contributed by atoms with Crippen LogP contribution in [0.25, 0.3) is 0 Å². The molecule has 118 valence electrons. The van der Waals surface area contributed by atoms with Crippen molar-refractivity contribution in [3.63, 3.8) is 0 Å². The van der Waals surface area contributed by atoms with Crippen molar-refractivity contribution in [2.24, 2.45) is 0 Å². The van der Waals surface area contributed by atoms with E-state index in [9.17, 15) is 4.79 Å². The zero-order valence-corrected chi connectivity index (χ0v) is 13.5. The Hall–Kier alpha value is -0.650. The zero-order valence-electron chi connectivity index (χ0n) is 13.5. The number of likely N-dealkylation sites (N-methyl/N-ethyl adjacent to an activating group) is 2. The van der Waals surface area contributed by atoms with Crippen molar-refractivity contribution >= 4 is 5.97 Å². The number of carbonyl (C=O) groups is 1. The average molecular weight is 285 g/mol. The Morgan fingerprint density at radius 1 is 1.50 bits per heavy atom. The third-order valence-corrected chi connectivity index (χ3v) is 4.05. The maximum absolute atomic E-state index is 11.8. The molecule has 5 heteroatoms. The second kappa shape index (κ2) is 9.32. The molecule has 0 radical (unpaired) electrons. The summed E-state index contributed by atoms with van der Waals surface area (Å²) in [5, 5.41) is 3.27. The van der Waals surface area contributed by atoms with Crippen molar-refractivity contribution in [1.29, 1.82) is 0 Å². The van der Waals surface area contributed by atoms with Gasteiger partial charge in [-0.3, -0.25) is 9.69 Å². The lowest BCUT2D eigenvalue weighted by molar-refractivity contribution is -0.143. The first-order chi connectivity index (χ1) is 9.62. The van der Waals surface area contributed by atoms with Gasteiger partial charge in [0.25, 0.3) is 0 Å². The lowest BCUT2D eigenvalue weighted by Crippen LogP contribution is -2.48. The summed E-state index contributed by atoms with van der Waals surface area (Å²) in [6.45, 7) is 9.23. The highest BCUT2D eigenvalue weighted by Crippen LogP contribution is 2.17. The van der Waals surface area contributed by atoms with Crippen LogP contribution in [0.2, 0.25) is 0 Å². The molecule has 1 saturated heterocycles. The lowest BCUT2D eigenvalue weighted by atomic mass is 10.2. The van der Waals surface area contributed by atoms with Gasteiger partial charge in [-0.05, 0) is 45.9 Å². The minimum atomic E-state index is -0.221. The van der Waals surface area contributed by atoms with Gasteiger partial charge in [0.15, 0.2) is 0 Å². The summed E-state index contributed by atoms with van der Waals surface area (Å²) in [5.74, 6) is -0.163. The molecule has 1 aliphatic heterocycles. The van der Waals surface area contributed by atoms with Crippen molar-refractivity contribution in [1.82, 2.24) is 15.1 Å². The van der Waals surface area contributed by atoms with Crippen molar-refractivity contribution in [3.8, 4) is 0 Å². The Morgan fingerprint density at radius 3 is 2.85 bits per heavy atom. The summed E-state index contributed by atoms with van der Waals surface area (Å²) in [7, 11) is 3.55. The highest BCUT2D eigenvalue weighted by molar-refractivity contribution is 5.75. The molecule has 2 atom stereocenters. The first-order valence-corrected chi connectivity index (χ1v) is 7.86. The van der Waals surface area contributed by atoms with Crippen molar-refractivity contribution in [3.05, 3.63) is 0 Å². The molecule has 0 aromatic rings.